The highest BCUT2D eigenvalue weighted by Gasteiger charge is 2.01. The van der Waals surface area contributed by atoms with Gasteiger partial charge in [-0.25, -0.2) is 4.79 Å². The molecule has 0 aromatic carbocycles. The van der Waals surface area contributed by atoms with Gasteiger partial charge in [-0.2, -0.15) is 0 Å². The number of aliphatic hydroxyl groups is 2. The molecule has 0 bridgehead atoms. The Morgan fingerprint density at radius 3 is 2.33 bits per heavy atom. The highest BCUT2D eigenvalue weighted by atomic mass is 16.5. The van der Waals surface area contributed by atoms with E-state index in [0.717, 1.165) is 19.3 Å². The van der Waals surface area contributed by atoms with Gasteiger partial charge in [0.1, 0.15) is 0 Å². The minimum Gasteiger partial charge on any atom is -0.502 e. The number of esters is 1. The third kappa shape index (κ3) is 15.5. The lowest BCUT2D eigenvalue weighted by Gasteiger charge is -1.95. The number of hydrogen-bond donors (Lipinski definition) is 2. The summed E-state index contributed by atoms with van der Waals surface area (Å²) in [6.07, 6.45) is 4.88. The van der Waals surface area contributed by atoms with Gasteiger partial charge >= 0.3 is 5.97 Å². The maximum absolute atomic E-state index is 10.2. The van der Waals surface area contributed by atoms with Gasteiger partial charge in [0.2, 0.25) is 0 Å². The van der Waals surface area contributed by atoms with E-state index in [1.165, 1.54) is 0 Å². The molecule has 2 N–H and O–H groups in total. The Morgan fingerprint density at radius 2 is 2.07 bits per heavy atom. The Bertz CT molecular complexity index is 187. The Balaban J connectivity index is 0. The molecular formula is C11H20O4. The molecule has 0 amide bonds. The lowest BCUT2D eigenvalue weighted by molar-refractivity contribution is -0.141. The summed E-state index contributed by atoms with van der Waals surface area (Å²) in [5.74, 6) is -1.31. The summed E-state index contributed by atoms with van der Waals surface area (Å²) < 4.78 is 4.31. The summed E-state index contributed by atoms with van der Waals surface area (Å²) in [6, 6.07) is 0. The maximum Gasteiger partial charge on any atom is 0.372 e. The lowest BCUT2D eigenvalue weighted by Crippen LogP contribution is -2.05. The van der Waals surface area contributed by atoms with Gasteiger partial charge in [-0.15, -0.1) is 6.58 Å². The summed E-state index contributed by atoms with van der Waals surface area (Å²) in [6.45, 7) is 8.73. The molecule has 15 heavy (non-hydrogen) atoms. The summed E-state index contributed by atoms with van der Waals surface area (Å²) in [5, 5.41) is 16.5. The van der Waals surface area contributed by atoms with Crippen LogP contribution >= 0.6 is 0 Å². The van der Waals surface area contributed by atoms with Crippen LogP contribution in [-0.4, -0.2) is 29.4 Å². The molecule has 0 saturated carbocycles. The highest BCUT2D eigenvalue weighted by molar-refractivity contribution is 5.84. The zero-order valence-electron chi connectivity index (χ0n) is 9.24. The number of unbranched alkanes of at least 4 members (excludes halogenated alkanes) is 2. The predicted octanol–water partition coefficient (Wildman–Crippen LogP) is 1.96. The first-order valence-corrected chi connectivity index (χ1v) is 4.86. The van der Waals surface area contributed by atoms with E-state index in [9.17, 15) is 4.79 Å². The van der Waals surface area contributed by atoms with Gasteiger partial charge < -0.3 is 14.9 Å². The number of hydrogen-bond acceptors (Lipinski definition) is 4. The third-order valence-electron chi connectivity index (χ3n) is 1.33. The highest BCUT2D eigenvalue weighted by Crippen LogP contribution is 1.92. The molecule has 0 spiro atoms. The molecule has 4 heteroatoms. The van der Waals surface area contributed by atoms with Crippen molar-refractivity contribution in [3.8, 4) is 0 Å². The van der Waals surface area contributed by atoms with Crippen molar-refractivity contribution in [3.05, 3.63) is 25.0 Å². The van der Waals surface area contributed by atoms with Crippen LogP contribution in [0, 0.1) is 0 Å². The average Bonchev–Trinajstić information content (AvgIpc) is 2.20. The quantitative estimate of drug-likeness (QED) is 0.234. The van der Waals surface area contributed by atoms with Crippen molar-refractivity contribution in [3.63, 3.8) is 0 Å². The molecule has 0 rings (SSSR count). The maximum atomic E-state index is 10.2. The second kappa shape index (κ2) is 12.7. The van der Waals surface area contributed by atoms with Gasteiger partial charge in [0.05, 0.1) is 6.61 Å². The van der Waals surface area contributed by atoms with Crippen molar-refractivity contribution in [2.24, 2.45) is 0 Å². The summed E-state index contributed by atoms with van der Waals surface area (Å²) >= 11 is 0. The molecule has 0 radical (unpaired) electrons. The molecular weight excluding hydrogens is 196 g/mol. The number of carbonyl (C=O) groups is 1. The monoisotopic (exact) mass is 216 g/mol. The van der Waals surface area contributed by atoms with E-state index in [4.69, 9.17) is 10.2 Å². The van der Waals surface area contributed by atoms with Crippen LogP contribution in [0.15, 0.2) is 25.0 Å². The van der Waals surface area contributed by atoms with Crippen molar-refractivity contribution < 1.29 is 19.7 Å². The molecule has 0 aliphatic heterocycles. The van der Waals surface area contributed by atoms with Gasteiger partial charge in [0, 0.05) is 6.61 Å². The van der Waals surface area contributed by atoms with E-state index in [-0.39, 0.29) is 6.61 Å². The third-order valence-corrected chi connectivity index (χ3v) is 1.33. The SMILES string of the molecule is C=C(O)C(=O)OCC.C=CCCCCO. The molecule has 0 aliphatic rings. The Morgan fingerprint density at radius 1 is 1.47 bits per heavy atom. The van der Waals surface area contributed by atoms with Crippen LogP contribution in [0.1, 0.15) is 26.2 Å². The lowest BCUT2D eigenvalue weighted by atomic mass is 10.2. The number of carbonyl (C=O) groups excluding carboxylic acids is 1. The second-order valence-electron chi connectivity index (χ2n) is 2.68. The van der Waals surface area contributed by atoms with Crippen molar-refractivity contribution in [2.75, 3.05) is 13.2 Å². The van der Waals surface area contributed by atoms with Crippen molar-refractivity contribution >= 4 is 5.97 Å². The number of ether oxygens (including phenoxy) is 1. The van der Waals surface area contributed by atoms with Crippen LogP contribution in [0.4, 0.5) is 0 Å². The first-order chi connectivity index (χ1) is 7.09. The zero-order valence-corrected chi connectivity index (χ0v) is 9.24. The number of aliphatic hydroxyl groups excluding tert-OH is 2. The van der Waals surface area contributed by atoms with Crippen molar-refractivity contribution in [1.29, 1.82) is 0 Å². The van der Waals surface area contributed by atoms with Gasteiger partial charge in [-0.3, -0.25) is 0 Å². The Kier molecular flexibility index (Phi) is 13.7. The van der Waals surface area contributed by atoms with Crippen LogP contribution in [0.3, 0.4) is 0 Å². The molecule has 0 aromatic rings. The zero-order chi connectivity index (χ0) is 12.1. The topological polar surface area (TPSA) is 66.8 Å². The minimum atomic E-state index is -0.757. The van der Waals surface area contributed by atoms with Crippen LogP contribution in [-0.2, 0) is 9.53 Å². The largest absolute Gasteiger partial charge is 0.502 e. The first kappa shape index (κ1) is 16.2. The number of rotatable bonds is 6. The van der Waals surface area contributed by atoms with E-state index >= 15 is 0 Å². The molecule has 4 nitrogen and oxygen atoms in total. The average molecular weight is 216 g/mol. The summed E-state index contributed by atoms with van der Waals surface area (Å²) in [5.41, 5.74) is 0. The molecule has 0 saturated heterocycles. The van der Waals surface area contributed by atoms with Crippen LogP contribution in [0.2, 0.25) is 0 Å². The van der Waals surface area contributed by atoms with E-state index in [1.807, 2.05) is 6.08 Å². The summed E-state index contributed by atoms with van der Waals surface area (Å²) in [7, 11) is 0. The Labute approximate surface area is 90.9 Å². The fourth-order valence-corrected chi connectivity index (χ4v) is 0.615. The molecule has 0 aliphatic carbocycles. The molecule has 0 aromatic heterocycles. The molecule has 0 heterocycles. The minimum absolute atomic E-state index is 0.262. The number of allylic oxidation sites excluding steroid dienone is 1. The molecule has 0 fully saturated rings. The van der Waals surface area contributed by atoms with Crippen LogP contribution in [0.5, 0.6) is 0 Å². The van der Waals surface area contributed by atoms with Gasteiger partial charge in [0.25, 0.3) is 0 Å². The van der Waals surface area contributed by atoms with Crippen molar-refractivity contribution in [1.82, 2.24) is 0 Å². The molecule has 88 valence electrons. The fraction of sp³-hybridized carbons (Fsp3) is 0.545. The van der Waals surface area contributed by atoms with Crippen LogP contribution in [0.25, 0.3) is 0 Å². The van der Waals surface area contributed by atoms with Gasteiger partial charge in [-0.1, -0.05) is 6.08 Å². The van der Waals surface area contributed by atoms with Gasteiger partial charge in [0.15, 0.2) is 5.76 Å². The van der Waals surface area contributed by atoms with E-state index < -0.39 is 11.7 Å². The normalized spacial score (nSPS) is 8.40. The molecule has 0 atom stereocenters. The second-order valence-corrected chi connectivity index (χ2v) is 2.68. The first-order valence-electron chi connectivity index (χ1n) is 4.86. The summed E-state index contributed by atoms with van der Waals surface area (Å²) in [4.78, 5) is 10.2. The predicted molar refractivity (Wildman–Crippen MR) is 59.5 cm³/mol. The smallest absolute Gasteiger partial charge is 0.372 e. The van der Waals surface area contributed by atoms with Gasteiger partial charge in [-0.05, 0) is 32.8 Å². The fourth-order valence-electron chi connectivity index (χ4n) is 0.615. The van der Waals surface area contributed by atoms with Crippen molar-refractivity contribution in [2.45, 2.75) is 26.2 Å². The van der Waals surface area contributed by atoms with E-state index in [1.54, 1.807) is 6.92 Å². The molecule has 0 unspecified atom stereocenters. The standard InChI is InChI=1S/C6H12O.C5H8O3/c1-2-3-4-5-6-7;1-3-8-5(7)4(2)6/h2,7H,1,3-6H2;6H,2-3H2,1H3. The van der Waals surface area contributed by atoms with Crippen LogP contribution < -0.4 is 0 Å². The van der Waals surface area contributed by atoms with E-state index in [2.05, 4.69) is 17.9 Å². The Hall–Kier alpha value is -1.29. The van der Waals surface area contributed by atoms with E-state index in [0.29, 0.717) is 6.61 Å².